The van der Waals surface area contributed by atoms with Crippen molar-refractivity contribution >= 4 is 45.6 Å². The second kappa shape index (κ2) is 8.23. The molecule has 0 spiro atoms. The number of amidine groups is 2. The number of carbonyl (C=O) groups is 2. The summed E-state index contributed by atoms with van der Waals surface area (Å²) in [5.41, 5.74) is 0.574. The Labute approximate surface area is 185 Å². The lowest BCUT2D eigenvalue weighted by atomic mass is 10.1. The van der Waals surface area contributed by atoms with Gasteiger partial charge in [0.15, 0.2) is 23.2 Å². The molecule has 2 aliphatic rings. The second-order valence-corrected chi connectivity index (χ2v) is 7.31. The van der Waals surface area contributed by atoms with Crippen molar-refractivity contribution < 1.29 is 28.3 Å². The van der Waals surface area contributed by atoms with Gasteiger partial charge in [-0.15, -0.1) is 5.06 Å². The van der Waals surface area contributed by atoms with E-state index >= 15 is 0 Å². The van der Waals surface area contributed by atoms with Crippen LogP contribution in [0.5, 0.6) is 11.5 Å². The Hall–Kier alpha value is -3.66. The molecule has 0 fully saturated rings. The molecule has 9 nitrogen and oxygen atoms in total. The number of esters is 1. The number of amides is 1. The standard InChI is InChI=1S/C21H16BrN3O6/c1-3-28-16-10-12(9-14(22)18(16)30-21(27)15-5-4-6-29-15)8-13-19(23)25-17(24-20(13)26)7-11(2)31-25/h4-10,23H,3H2,1-2H3/b13-8+,23-19?. The Morgan fingerprint density at radius 3 is 2.90 bits per heavy atom. The fourth-order valence-corrected chi connectivity index (χ4v) is 3.48. The van der Waals surface area contributed by atoms with E-state index in [4.69, 9.17) is 24.1 Å². The SMILES string of the molecule is CCOc1cc(/C=C2\C(=N)N3OC(C)=CC3=NC2=O)cc(Br)c1OC(=O)c1ccco1. The lowest BCUT2D eigenvalue weighted by Crippen LogP contribution is -2.38. The number of furan rings is 1. The number of rotatable bonds is 5. The van der Waals surface area contributed by atoms with Gasteiger partial charge in [-0.25, -0.2) is 4.79 Å². The average Bonchev–Trinajstić information content (AvgIpc) is 3.37. The molecule has 0 saturated carbocycles. The molecule has 2 aliphatic heterocycles. The molecule has 4 rings (SSSR count). The number of nitrogens with one attached hydrogen (secondary N) is 1. The van der Waals surface area contributed by atoms with Crippen molar-refractivity contribution in [1.82, 2.24) is 5.06 Å². The number of halogens is 1. The second-order valence-electron chi connectivity index (χ2n) is 6.45. The topological polar surface area (TPSA) is 114 Å². The van der Waals surface area contributed by atoms with Crippen LogP contribution in [0.3, 0.4) is 0 Å². The Morgan fingerprint density at radius 2 is 2.19 bits per heavy atom. The van der Waals surface area contributed by atoms with Crippen LogP contribution < -0.4 is 9.47 Å². The van der Waals surface area contributed by atoms with Crippen molar-refractivity contribution in [3.05, 3.63) is 63.7 Å². The first-order chi connectivity index (χ1) is 14.9. The minimum absolute atomic E-state index is 0.0431. The molecule has 1 N–H and O–H groups in total. The molecule has 0 saturated heterocycles. The number of allylic oxidation sites excluding steroid dienone is 1. The van der Waals surface area contributed by atoms with Crippen LogP contribution in [0.4, 0.5) is 0 Å². The normalized spacial score (nSPS) is 16.6. The van der Waals surface area contributed by atoms with Crippen molar-refractivity contribution in [2.24, 2.45) is 4.99 Å². The van der Waals surface area contributed by atoms with E-state index in [0.29, 0.717) is 22.4 Å². The van der Waals surface area contributed by atoms with E-state index in [0.717, 1.165) is 0 Å². The monoisotopic (exact) mass is 485 g/mol. The maximum absolute atomic E-state index is 12.5. The first-order valence-corrected chi connectivity index (χ1v) is 9.98. The summed E-state index contributed by atoms with van der Waals surface area (Å²) < 4.78 is 16.5. The number of hydrogen-bond acceptors (Lipinski definition) is 7. The van der Waals surface area contributed by atoms with Crippen LogP contribution in [0.1, 0.15) is 30.0 Å². The fourth-order valence-electron chi connectivity index (χ4n) is 2.94. The number of hydroxylamine groups is 2. The van der Waals surface area contributed by atoms with E-state index in [-0.39, 0.29) is 34.5 Å². The van der Waals surface area contributed by atoms with Gasteiger partial charge < -0.3 is 18.7 Å². The van der Waals surface area contributed by atoms with Crippen LogP contribution in [0, 0.1) is 5.41 Å². The van der Waals surface area contributed by atoms with Crippen molar-refractivity contribution in [2.45, 2.75) is 13.8 Å². The van der Waals surface area contributed by atoms with Crippen LogP contribution in [0.15, 0.2) is 61.8 Å². The minimum Gasteiger partial charge on any atom is -0.490 e. The molecular formula is C21H16BrN3O6. The molecular weight excluding hydrogens is 470 g/mol. The Kier molecular flexibility index (Phi) is 5.47. The summed E-state index contributed by atoms with van der Waals surface area (Å²) in [5.74, 6) is -0.0970. The summed E-state index contributed by atoms with van der Waals surface area (Å²) >= 11 is 3.38. The van der Waals surface area contributed by atoms with E-state index in [1.807, 2.05) is 0 Å². The first-order valence-electron chi connectivity index (χ1n) is 9.19. The highest BCUT2D eigenvalue weighted by atomic mass is 79.9. The third-order valence-electron chi connectivity index (χ3n) is 4.24. The number of nitrogens with zero attached hydrogens (tertiary/aromatic N) is 2. The highest BCUT2D eigenvalue weighted by Gasteiger charge is 2.34. The van der Waals surface area contributed by atoms with Crippen molar-refractivity contribution in [3.63, 3.8) is 0 Å². The van der Waals surface area contributed by atoms with Gasteiger partial charge in [0, 0.05) is 6.08 Å². The maximum atomic E-state index is 12.5. The lowest BCUT2D eigenvalue weighted by molar-refractivity contribution is -0.114. The van der Waals surface area contributed by atoms with Crippen LogP contribution in [-0.2, 0) is 9.63 Å². The van der Waals surface area contributed by atoms with Gasteiger partial charge in [-0.1, -0.05) is 0 Å². The van der Waals surface area contributed by atoms with Gasteiger partial charge >= 0.3 is 5.97 Å². The fraction of sp³-hybridized carbons (Fsp3) is 0.143. The third kappa shape index (κ3) is 4.02. The molecule has 1 aromatic carbocycles. The van der Waals surface area contributed by atoms with Crippen molar-refractivity contribution in [3.8, 4) is 11.5 Å². The predicted octanol–water partition coefficient (Wildman–Crippen LogP) is 4.11. The maximum Gasteiger partial charge on any atom is 0.379 e. The zero-order valence-electron chi connectivity index (χ0n) is 16.5. The molecule has 31 heavy (non-hydrogen) atoms. The Balaban J connectivity index is 1.68. The lowest BCUT2D eigenvalue weighted by Gasteiger charge is -2.23. The van der Waals surface area contributed by atoms with Gasteiger partial charge in [0.05, 0.1) is 22.9 Å². The molecule has 0 radical (unpaired) electrons. The Bertz CT molecular complexity index is 1180. The number of benzene rings is 1. The summed E-state index contributed by atoms with van der Waals surface area (Å²) in [5, 5.41) is 9.50. The number of fused-ring (bicyclic) bond motifs is 1. The van der Waals surface area contributed by atoms with E-state index in [1.54, 1.807) is 38.1 Å². The largest absolute Gasteiger partial charge is 0.490 e. The van der Waals surface area contributed by atoms with E-state index in [2.05, 4.69) is 20.9 Å². The molecule has 3 heterocycles. The van der Waals surface area contributed by atoms with E-state index in [9.17, 15) is 9.59 Å². The highest BCUT2D eigenvalue weighted by Crippen LogP contribution is 2.38. The molecule has 1 aromatic heterocycles. The number of hydrogen-bond donors (Lipinski definition) is 1. The number of ether oxygens (including phenoxy) is 2. The molecule has 10 heteroatoms. The third-order valence-corrected chi connectivity index (χ3v) is 4.83. The summed E-state index contributed by atoms with van der Waals surface area (Å²) in [4.78, 5) is 34.1. The number of aliphatic imine (C=N–C) groups is 1. The Morgan fingerprint density at radius 1 is 1.39 bits per heavy atom. The van der Waals surface area contributed by atoms with E-state index in [1.165, 1.54) is 23.5 Å². The zero-order chi connectivity index (χ0) is 22.1. The summed E-state index contributed by atoms with van der Waals surface area (Å²) in [6.07, 6.45) is 4.44. The minimum atomic E-state index is -0.682. The summed E-state index contributed by atoms with van der Waals surface area (Å²) in [7, 11) is 0. The van der Waals surface area contributed by atoms with Crippen LogP contribution in [0.25, 0.3) is 6.08 Å². The van der Waals surface area contributed by atoms with Gasteiger partial charge in [-0.3, -0.25) is 10.2 Å². The van der Waals surface area contributed by atoms with Crippen molar-refractivity contribution in [1.29, 1.82) is 5.41 Å². The molecule has 158 valence electrons. The van der Waals surface area contributed by atoms with Gasteiger partial charge in [-0.2, -0.15) is 4.99 Å². The van der Waals surface area contributed by atoms with Crippen LogP contribution >= 0.6 is 15.9 Å². The molecule has 0 unspecified atom stereocenters. The van der Waals surface area contributed by atoms with Crippen molar-refractivity contribution in [2.75, 3.05) is 6.61 Å². The van der Waals surface area contributed by atoms with Gasteiger partial charge in [0.2, 0.25) is 5.76 Å². The quantitative estimate of drug-likeness (QED) is 0.384. The van der Waals surface area contributed by atoms with Gasteiger partial charge in [-0.05, 0) is 65.7 Å². The first kappa shape index (κ1) is 20.6. The summed E-state index contributed by atoms with van der Waals surface area (Å²) in [6, 6.07) is 6.30. The molecule has 1 amide bonds. The summed E-state index contributed by atoms with van der Waals surface area (Å²) in [6.45, 7) is 3.80. The van der Waals surface area contributed by atoms with Gasteiger partial charge in [0.25, 0.3) is 5.91 Å². The predicted molar refractivity (Wildman–Crippen MR) is 114 cm³/mol. The molecule has 2 aromatic rings. The zero-order valence-corrected chi connectivity index (χ0v) is 18.1. The number of carbonyl (C=O) groups excluding carboxylic acids is 2. The molecule has 0 atom stereocenters. The average molecular weight is 486 g/mol. The molecule has 0 bridgehead atoms. The molecule has 0 aliphatic carbocycles. The van der Waals surface area contributed by atoms with Crippen LogP contribution in [0.2, 0.25) is 0 Å². The van der Waals surface area contributed by atoms with E-state index < -0.39 is 11.9 Å². The highest BCUT2D eigenvalue weighted by molar-refractivity contribution is 9.10. The smallest absolute Gasteiger partial charge is 0.379 e. The van der Waals surface area contributed by atoms with Crippen LogP contribution in [-0.4, -0.2) is 35.2 Å². The van der Waals surface area contributed by atoms with Gasteiger partial charge in [0.1, 0.15) is 5.76 Å².